The SMILES string of the molecule is CN(Cc1cccc(=O)[nH]1)C(=O)N(C)C1CCNCC1. The van der Waals surface area contributed by atoms with Gasteiger partial charge in [-0.2, -0.15) is 0 Å². The van der Waals surface area contributed by atoms with Crippen molar-refractivity contribution in [3.63, 3.8) is 0 Å². The molecule has 1 saturated heterocycles. The lowest BCUT2D eigenvalue weighted by Crippen LogP contribution is -2.48. The summed E-state index contributed by atoms with van der Waals surface area (Å²) < 4.78 is 0. The lowest BCUT2D eigenvalue weighted by molar-refractivity contribution is 0.143. The normalized spacial score (nSPS) is 15.9. The quantitative estimate of drug-likeness (QED) is 0.851. The molecule has 20 heavy (non-hydrogen) atoms. The fourth-order valence-electron chi connectivity index (χ4n) is 2.53. The number of pyridine rings is 1. The first-order valence-corrected chi connectivity index (χ1v) is 6.95. The van der Waals surface area contributed by atoms with E-state index in [0.29, 0.717) is 12.6 Å². The van der Waals surface area contributed by atoms with Gasteiger partial charge < -0.3 is 20.1 Å². The number of hydrogen-bond donors (Lipinski definition) is 2. The van der Waals surface area contributed by atoms with E-state index >= 15 is 0 Å². The van der Waals surface area contributed by atoms with E-state index in [0.717, 1.165) is 31.6 Å². The highest BCUT2D eigenvalue weighted by Crippen LogP contribution is 2.12. The number of piperidine rings is 1. The van der Waals surface area contributed by atoms with Crippen LogP contribution in [0, 0.1) is 0 Å². The number of hydrogen-bond acceptors (Lipinski definition) is 3. The third-order valence-corrected chi connectivity index (χ3v) is 3.72. The minimum Gasteiger partial charge on any atom is -0.325 e. The molecule has 2 amide bonds. The Morgan fingerprint density at radius 3 is 2.65 bits per heavy atom. The largest absolute Gasteiger partial charge is 0.325 e. The van der Waals surface area contributed by atoms with Crippen molar-refractivity contribution >= 4 is 6.03 Å². The van der Waals surface area contributed by atoms with Crippen LogP contribution in [0.5, 0.6) is 0 Å². The van der Waals surface area contributed by atoms with Gasteiger partial charge in [-0.3, -0.25) is 4.79 Å². The molecule has 2 N–H and O–H groups in total. The fraction of sp³-hybridized carbons (Fsp3) is 0.571. The molecule has 0 spiro atoms. The van der Waals surface area contributed by atoms with Gasteiger partial charge in [-0.1, -0.05) is 6.07 Å². The standard InChI is InChI=1S/C14H22N4O2/c1-17(10-11-4-3-5-13(19)16-11)14(20)18(2)12-6-8-15-9-7-12/h3-5,12,15H,6-10H2,1-2H3,(H,16,19). The van der Waals surface area contributed by atoms with Crippen LogP contribution in [-0.2, 0) is 6.54 Å². The number of amides is 2. The van der Waals surface area contributed by atoms with Crippen LogP contribution >= 0.6 is 0 Å². The number of nitrogens with zero attached hydrogens (tertiary/aromatic N) is 2. The minimum absolute atomic E-state index is 0.0124. The Bertz CT molecular complexity index is 508. The first-order valence-electron chi connectivity index (χ1n) is 6.95. The Hall–Kier alpha value is -1.82. The van der Waals surface area contributed by atoms with E-state index in [1.165, 1.54) is 6.07 Å². The van der Waals surface area contributed by atoms with Crippen molar-refractivity contribution in [1.29, 1.82) is 0 Å². The maximum atomic E-state index is 12.4. The lowest BCUT2D eigenvalue weighted by Gasteiger charge is -2.34. The van der Waals surface area contributed by atoms with Crippen molar-refractivity contribution in [3.8, 4) is 0 Å². The zero-order valence-electron chi connectivity index (χ0n) is 12.1. The van der Waals surface area contributed by atoms with Crippen molar-refractivity contribution in [2.45, 2.75) is 25.4 Å². The second-order valence-corrected chi connectivity index (χ2v) is 5.27. The monoisotopic (exact) mass is 278 g/mol. The number of aromatic amines is 1. The highest BCUT2D eigenvalue weighted by Gasteiger charge is 2.24. The molecule has 2 heterocycles. The van der Waals surface area contributed by atoms with Crippen LogP contribution < -0.4 is 10.9 Å². The van der Waals surface area contributed by atoms with Gasteiger partial charge >= 0.3 is 6.03 Å². The molecule has 1 aromatic heterocycles. The maximum Gasteiger partial charge on any atom is 0.320 e. The average molecular weight is 278 g/mol. The zero-order valence-corrected chi connectivity index (χ0v) is 12.1. The van der Waals surface area contributed by atoms with Gasteiger partial charge in [-0.25, -0.2) is 4.79 Å². The summed E-state index contributed by atoms with van der Waals surface area (Å²) in [5, 5.41) is 3.29. The molecular weight excluding hydrogens is 256 g/mol. The van der Waals surface area contributed by atoms with Crippen LogP contribution in [0.3, 0.4) is 0 Å². The molecule has 1 fully saturated rings. The summed E-state index contributed by atoms with van der Waals surface area (Å²) in [4.78, 5) is 29.8. The van der Waals surface area contributed by atoms with Crippen molar-refractivity contribution in [3.05, 3.63) is 34.2 Å². The summed E-state index contributed by atoms with van der Waals surface area (Å²) in [6, 6.07) is 5.26. The first kappa shape index (κ1) is 14.6. The van der Waals surface area contributed by atoms with E-state index in [4.69, 9.17) is 0 Å². The Kier molecular flexibility index (Phi) is 4.79. The van der Waals surface area contributed by atoms with Gasteiger partial charge in [0.1, 0.15) is 0 Å². The molecule has 110 valence electrons. The summed E-state index contributed by atoms with van der Waals surface area (Å²) in [5.41, 5.74) is 0.599. The maximum absolute atomic E-state index is 12.4. The van der Waals surface area contributed by atoms with E-state index < -0.39 is 0 Å². The Labute approximate surface area is 118 Å². The molecule has 1 aliphatic heterocycles. The van der Waals surface area contributed by atoms with Gasteiger partial charge in [-0.15, -0.1) is 0 Å². The molecule has 0 atom stereocenters. The van der Waals surface area contributed by atoms with E-state index in [1.54, 1.807) is 18.0 Å². The lowest BCUT2D eigenvalue weighted by atomic mass is 10.1. The number of rotatable bonds is 3. The van der Waals surface area contributed by atoms with Gasteiger partial charge in [0.05, 0.1) is 6.54 Å². The Morgan fingerprint density at radius 2 is 2.00 bits per heavy atom. The number of nitrogens with one attached hydrogen (secondary N) is 2. The third-order valence-electron chi connectivity index (χ3n) is 3.72. The van der Waals surface area contributed by atoms with Gasteiger partial charge in [-0.05, 0) is 32.0 Å². The van der Waals surface area contributed by atoms with E-state index in [2.05, 4.69) is 10.3 Å². The van der Waals surface area contributed by atoms with Crippen LogP contribution in [-0.4, -0.2) is 54.0 Å². The minimum atomic E-state index is -0.143. The number of carbonyl (C=O) groups excluding carboxylic acids is 1. The molecule has 0 aromatic carbocycles. The van der Waals surface area contributed by atoms with Gasteiger partial charge in [0.2, 0.25) is 5.56 Å². The van der Waals surface area contributed by atoms with Crippen LogP contribution in [0.2, 0.25) is 0 Å². The predicted octanol–water partition coefficient (Wildman–Crippen LogP) is 0.610. The fourth-order valence-corrected chi connectivity index (χ4v) is 2.53. The first-order chi connectivity index (χ1) is 9.58. The molecule has 0 saturated carbocycles. The highest BCUT2D eigenvalue weighted by molar-refractivity contribution is 5.74. The van der Waals surface area contributed by atoms with E-state index in [9.17, 15) is 9.59 Å². The van der Waals surface area contributed by atoms with Crippen LogP contribution in [0.1, 0.15) is 18.5 Å². The molecule has 1 aromatic rings. The molecule has 1 aliphatic rings. The zero-order chi connectivity index (χ0) is 14.5. The number of urea groups is 1. The van der Waals surface area contributed by atoms with E-state index in [1.807, 2.05) is 18.0 Å². The number of carbonyl (C=O) groups is 1. The molecule has 0 bridgehead atoms. The second kappa shape index (κ2) is 6.56. The van der Waals surface area contributed by atoms with Crippen molar-refractivity contribution in [2.75, 3.05) is 27.2 Å². The second-order valence-electron chi connectivity index (χ2n) is 5.27. The molecule has 0 aliphatic carbocycles. The van der Waals surface area contributed by atoms with Crippen molar-refractivity contribution in [2.24, 2.45) is 0 Å². The van der Waals surface area contributed by atoms with Crippen LogP contribution in [0.25, 0.3) is 0 Å². The van der Waals surface area contributed by atoms with Crippen molar-refractivity contribution in [1.82, 2.24) is 20.1 Å². The van der Waals surface area contributed by atoms with Gasteiger partial charge in [0.25, 0.3) is 0 Å². The average Bonchev–Trinajstić information content (AvgIpc) is 2.46. The van der Waals surface area contributed by atoms with Crippen LogP contribution in [0.4, 0.5) is 4.79 Å². The Morgan fingerprint density at radius 1 is 1.30 bits per heavy atom. The predicted molar refractivity (Wildman–Crippen MR) is 77.6 cm³/mol. The molecule has 2 rings (SSSR count). The van der Waals surface area contributed by atoms with E-state index in [-0.39, 0.29) is 11.6 Å². The van der Waals surface area contributed by atoms with Gasteiger partial charge in [0, 0.05) is 31.9 Å². The summed E-state index contributed by atoms with van der Waals surface area (Å²) in [7, 11) is 3.60. The molecule has 6 nitrogen and oxygen atoms in total. The smallest absolute Gasteiger partial charge is 0.320 e. The highest BCUT2D eigenvalue weighted by atomic mass is 16.2. The molecule has 0 radical (unpaired) electrons. The topological polar surface area (TPSA) is 68.4 Å². The van der Waals surface area contributed by atoms with Crippen molar-refractivity contribution < 1.29 is 4.79 Å². The Balaban J connectivity index is 1.95. The molecule has 6 heteroatoms. The third kappa shape index (κ3) is 3.60. The van der Waals surface area contributed by atoms with Crippen LogP contribution in [0.15, 0.2) is 23.0 Å². The summed E-state index contributed by atoms with van der Waals surface area (Å²) in [6.07, 6.45) is 1.97. The number of H-pyrrole nitrogens is 1. The summed E-state index contributed by atoms with van der Waals surface area (Å²) in [5.74, 6) is 0. The van der Waals surface area contributed by atoms with Gasteiger partial charge in [0.15, 0.2) is 0 Å². The summed E-state index contributed by atoms with van der Waals surface area (Å²) in [6.45, 7) is 2.32. The molecule has 0 unspecified atom stereocenters. The molecular formula is C14H22N4O2. The number of aromatic nitrogens is 1. The summed E-state index contributed by atoms with van der Waals surface area (Å²) >= 11 is 0.